The van der Waals surface area contributed by atoms with Crippen LogP contribution in [0.3, 0.4) is 0 Å². The lowest BCUT2D eigenvalue weighted by atomic mass is 10.2. The summed E-state index contributed by atoms with van der Waals surface area (Å²) in [5.74, 6) is -0.989. The zero-order valence-electron chi connectivity index (χ0n) is 11.5. The monoisotopic (exact) mass is 342 g/mol. The SMILES string of the molecule is O=C(O)c1cc2cc(NS(=O)(=O)N3CCOCC3)ccc2s1. The predicted octanol–water partition coefficient (Wildman–Crippen LogP) is 1.59. The van der Waals surface area contributed by atoms with Gasteiger partial charge in [-0.05, 0) is 29.7 Å². The van der Waals surface area contributed by atoms with Crippen LogP contribution in [0.4, 0.5) is 5.69 Å². The van der Waals surface area contributed by atoms with Gasteiger partial charge in [-0.25, -0.2) is 4.79 Å². The molecule has 1 aromatic heterocycles. The third-order valence-corrected chi connectivity index (χ3v) is 5.93. The van der Waals surface area contributed by atoms with E-state index in [4.69, 9.17) is 9.84 Å². The fraction of sp³-hybridized carbons (Fsp3) is 0.308. The number of rotatable bonds is 4. The molecular weight excluding hydrogens is 328 g/mol. The second kappa shape index (κ2) is 5.84. The summed E-state index contributed by atoms with van der Waals surface area (Å²) in [6, 6.07) is 6.51. The smallest absolute Gasteiger partial charge is 0.345 e. The summed E-state index contributed by atoms with van der Waals surface area (Å²) in [6.07, 6.45) is 0. The van der Waals surface area contributed by atoms with E-state index in [0.717, 1.165) is 16.0 Å². The molecule has 1 saturated heterocycles. The molecule has 1 aliphatic rings. The number of carboxylic acids is 1. The van der Waals surface area contributed by atoms with Crippen LogP contribution in [-0.4, -0.2) is 50.1 Å². The van der Waals surface area contributed by atoms with Crippen molar-refractivity contribution < 1.29 is 23.1 Å². The molecule has 22 heavy (non-hydrogen) atoms. The zero-order chi connectivity index (χ0) is 15.7. The van der Waals surface area contributed by atoms with Gasteiger partial charge in [0.15, 0.2) is 0 Å². The molecular formula is C13H14N2O5S2. The number of benzene rings is 1. The molecule has 1 fully saturated rings. The molecule has 2 aromatic rings. The van der Waals surface area contributed by atoms with Gasteiger partial charge < -0.3 is 9.84 Å². The van der Waals surface area contributed by atoms with Gasteiger partial charge in [0.05, 0.1) is 18.9 Å². The quantitative estimate of drug-likeness (QED) is 0.880. The van der Waals surface area contributed by atoms with Gasteiger partial charge in [0.2, 0.25) is 0 Å². The molecule has 7 nitrogen and oxygen atoms in total. The van der Waals surface area contributed by atoms with Gasteiger partial charge in [-0.3, -0.25) is 4.72 Å². The number of morpholine rings is 1. The number of hydrogen-bond donors (Lipinski definition) is 2. The molecule has 0 bridgehead atoms. The molecule has 0 saturated carbocycles. The first kappa shape index (κ1) is 15.2. The first-order valence-electron chi connectivity index (χ1n) is 6.58. The Morgan fingerprint density at radius 3 is 2.68 bits per heavy atom. The summed E-state index contributed by atoms with van der Waals surface area (Å²) in [6.45, 7) is 1.40. The van der Waals surface area contributed by atoms with Gasteiger partial charge >= 0.3 is 16.2 Å². The Balaban J connectivity index is 1.85. The largest absolute Gasteiger partial charge is 0.477 e. The summed E-state index contributed by atoms with van der Waals surface area (Å²) in [7, 11) is -3.62. The summed E-state index contributed by atoms with van der Waals surface area (Å²) in [4.78, 5) is 11.2. The highest BCUT2D eigenvalue weighted by molar-refractivity contribution is 7.90. The normalized spacial score (nSPS) is 16.7. The third-order valence-electron chi connectivity index (χ3n) is 3.28. The summed E-state index contributed by atoms with van der Waals surface area (Å²) < 4.78 is 34.3. The molecule has 0 atom stereocenters. The lowest BCUT2D eigenvalue weighted by molar-refractivity contribution is 0.0702. The van der Waals surface area contributed by atoms with Crippen LogP contribution in [0.2, 0.25) is 0 Å². The van der Waals surface area contributed by atoms with E-state index < -0.39 is 16.2 Å². The fourth-order valence-corrected chi connectivity index (χ4v) is 4.28. The maximum absolute atomic E-state index is 12.3. The van der Waals surface area contributed by atoms with Crippen molar-refractivity contribution >= 4 is 43.3 Å². The number of aromatic carboxylic acids is 1. The Kier molecular flexibility index (Phi) is 4.04. The molecule has 118 valence electrons. The Hall–Kier alpha value is -1.68. The molecule has 0 radical (unpaired) electrons. The lowest BCUT2D eigenvalue weighted by Crippen LogP contribution is -2.43. The van der Waals surface area contributed by atoms with Crippen LogP contribution >= 0.6 is 11.3 Å². The molecule has 3 rings (SSSR count). The van der Waals surface area contributed by atoms with Crippen molar-refractivity contribution in [3.05, 3.63) is 29.1 Å². The minimum Gasteiger partial charge on any atom is -0.477 e. The number of nitrogens with zero attached hydrogens (tertiary/aromatic N) is 1. The van der Waals surface area contributed by atoms with E-state index in [2.05, 4.69) is 4.72 Å². The van der Waals surface area contributed by atoms with Gasteiger partial charge in [0.1, 0.15) is 4.88 Å². The lowest BCUT2D eigenvalue weighted by Gasteiger charge is -2.26. The highest BCUT2D eigenvalue weighted by Gasteiger charge is 2.24. The first-order valence-corrected chi connectivity index (χ1v) is 8.84. The molecule has 1 aliphatic heterocycles. The zero-order valence-corrected chi connectivity index (χ0v) is 13.1. The summed E-state index contributed by atoms with van der Waals surface area (Å²) >= 11 is 1.16. The Labute approximate surface area is 131 Å². The van der Waals surface area contributed by atoms with Gasteiger partial charge in [-0.15, -0.1) is 11.3 Å². The van der Waals surface area contributed by atoms with Crippen molar-refractivity contribution in [2.75, 3.05) is 31.0 Å². The van der Waals surface area contributed by atoms with E-state index in [0.29, 0.717) is 37.4 Å². The van der Waals surface area contributed by atoms with Gasteiger partial charge in [0.25, 0.3) is 0 Å². The third kappa shape index (κ3) is 3.07. The number of carboxylic acid groups (broad SMARTS) is 1. The first-order chi connectivity index (χ1) is 10.5. The molecule has 0 spiro atoms. The molecule has 1 aromatic carbocycles. The molecule has 2 heterocycles. The second-order valence-corrected chi connectivity index (χ2v) is 7.54. The minimum atomic E-state index is -3.62. The highest BCUT2D eigenvalue weighted by atomic mass is 32.2. The van der Waals surface area contributed by atoms with E-state index in [1.807, 2.05) is 0 Å². The predicted molar refractivity (Wildman–Crippen MR) is 83.7 cm³/mol. The van der Waals surface area contributed by atoms with Crippen LogP contribution in [0.25, 0.3) is 10.1 Å². The summed E-state index contributed by atoms with van der Waals surface area (Å²) in [5, 5.41) is 9.69. The topological polar surface area (TPSA) is 95.9 Å². The summed E-state index contributed by atoms with van der Waals surface area (Å²) in [5.41, 5.74) is 0.411. The van der Waals surface area contributed by atoms with Crippen molar-refractivity contribution in [2.24, 2.45) is 0 Å². The van der Waals surface area contributed by atoms with Crippen molar-refractivity contribution in [3.8, 4) is 0 Å². The van der Waals surface area contributed by atoms with Crippen LogP contribution in [-0.2, 0) is 14.9 Å². The number of anilines is 1. The van der Waals surface area contributed by atoms with Crippen LogP contribution < -0.4 is 4.72 Å². The molecule has 0 unspecified atom stereocenters. The highest BCUT2D eigenvalue weighted by Crippen LogP contribution is 2.28. The van der Waals surface area contributed by atoms with Gasteiger partial charge in [-0.2, -0.15) is 12.7 Å². The number of nitrogens with one attached hydrogen (secondary N) is 1. The van der Waals surface area contributed by atoms with E-state index >= 15 is 0 Å². The van der Waals surface area contributed by atoms with Crippen LogP contribution in [0.5, 0.6) is 0 Å². The van der Waals surface area contributed by atoms with Crippen molar-refractivity contribution in [1.82, 2.24) is 4.31 Å². The number of fused-ring (bicyclic) bond motifs is 1. The van der Waals surface area contributed by atoms with E-state index in [-0.39, 0.29) is 4.88 Å². The van der Waals surface area contributed by atoms with Crippen LogP contribution in [0.1, 0.15) is 9.67 Å². The fourth-order valence-electron chi connectivity index (χ4n) is 2.21. The molecule has 0 amide bonds. The number of carbonyl (C=O) groups is 1. The van der Waals surface area contributed by atoms with E-state index in [1.165, 1.54) is 10.4 Å². The van der Waals surface area contributed by atoms with E-state index in [9.17, 15) is 13.2 Å². The standard InChI is InChI=1S/C13H14N2O5S2/c16-13(17)12-8-9-7-10(1-2-11(9)21-12)14-22(18,19)15-3-5-20-6-4-15/h1-2,7-8,14H,3-6H2,(H,16,17). The van der Waals surface area contributed by atoms with Crippen molar-refractivity contribution in [3.63, 3.8) is 0 Å². The number of thiophene rings is 1. The molecule has 2 N–H and O–H groups in total. The second-order valence-electron chi connectivity index (χ2n) is 4.79. The van der Waals surface area contributed by atoms with E-state index in [1.54, 1.807) is 18.2 Å². The Bertz CT molecular complexity index is 809. The maximum atomic E-state index is 12.3. The number of ether oxygens (including phenoxy) is 1. The van der Waals surface area contributed by atoms with Crippen molar-refractivity contribution in [1.29, 1.82) is 0 Å². The van der Waals surface area contributed by atoms with Crippen molar-refractivity contribution in [2.45, 2.75) is 0 Å². The average molecular weight is 342 g/mol. The van der Waals surface area contributed by atoms with Gasteiger partial charge in [0, 0.05) is 17.8 Å². The van der Waals surface area contributed by atoms with Crippen LogP contribution in [0, 0.1) is 0 Å². The molecule has 0 aliphatic carbocycles. The average Bonchev–Trinajstić information content (AvgIpc) is 2.91. The number of hydrogen-bond acceptors (Lipinski definition) is 5. The van der Waals surface area contributed by atoms with Gasteiger partial charge in [-0.1, -0.05) is 0 Å². The Morgan fingerprint density at radius 2 is 2.00 bits per heavy atom. The maximum Gasteiger partial charge on any atom is 0.345 e. The Morgan fingerprint density at radius 1 is 1.27 bits per heavy atom. The minimum absolute atomic E-state index is 0.225. The molecule has 9 heteroatoms. The van der Waals surface area contributed by atoms with Crippen LogP contribution in [0.15, 0.2) is 24.3 Å².